The molecule has 47 heavy (non-hydrogen) atoms. The highest BCUT2D eigenvalue weighted by Gasteiger charge is 2.24. The van der Waals surface area contributed by atoms with Crippen LogP contribution in [0.4, 0.5) is 34.6 Å². The average molecular weight is 735 g/mol. The number of hydrogen-bond donors (Lipinski definition) is 8. The lowest BCUT2D eigenvalue weighted by Gasteiger charge is -2.12. The third-order valence-corrected chi connectivity index (χ3v) is 8.64. The monoisotopic (exact) mass is 734 g/mol. The normalized spacial score (nSPS) is 12.5. The average Bonchev–Trinajstić information content (AvgIpc) is 2.95. The molecular weight excluding hydrogens is 712 g/mol. The number of fused-ring (bicyclic) bond motifs is 1. The van der Waals surface area contributed by atoms with Crippen LogP contribution in [0.1, 0.15) is 0 Å². The molecule has 0 aliphatic heterocycles. The number of phenolic OH excluding ortho intramolecular Hbond substituents is 1. The number of rotatable bonds is 13. The minimum atomic E-state index is -5.08. The minimum Gasteiger partial charge on any atom is -0.507 e. The molecule has 1 aromatic heterocycles. The summed E-state index contributed by atoms with van der Waals surface area (Å²) in [5.41, 5.74) is 3.93. The molecule has 4 aromatic rings. The summed E-state index contributed by atoms with van der Waals surface area (Å²) >= 11 is 5.95. The number of nitrogen functional groups attached to an aromatic ring is 1. The fourth-order valence-corrected chi connectivity index (χ4v) is 5.93. The first-order valence-corrected chi connectivity index (χ1v) is 17.3. The zero-order chi connectivity index (χ0) is 34.7. The highest BCUT2D eigenvalue weighted by atomic mass is 35.5. The number of aliphatic hydroxyl groups excluding tert-OH is 1. The van der Waals surface area contributed by atoms with Gasteiger partial charge in [-0.1, -0.05) is 0 Å². The predicted molar refractivity (Wildman–Crippen MR) is 165 cm³/mol. The molecule has 0 aliphatic carbocycles. The van der Waals surface area contributed by atoms with Crippen molar-refractivity contribution in [3.63, 3.8) is 0 Å². The van der Waals surface area contributed by atoms with Crippen molar-refractivity contribution in [3.05, 3.63) is 41.7 Å². The molecule has 0 amide bonds. The van der Waals surface area contributed by atoms with E-state index in [4.69, 9.17) is 27.2 Å². The summed E-state index contributed by atoms with van der Waals surface area (Å²) in [6.45, 7) is 0.402. The second-order valence-corrected chi connectivity index (χ2v) is 13.7. The van der Waals surface area contributed by atoms with Gasteiger partial charge in [-0.05, 0) is 47.3 Å². The molecule has 0 aliphatic rings. The number of ether oxygens (including phenoxy) is 1. The van der Waals surface area contributed by atoms with Gasteiger partial charge in [-0.25, -0.2) is 0 Å². The van der Waals surface area contributed by atoms with Crippen molar-refractivity contribution in [2.75, 3.05) is 42.7 Å². The molecule has 0 saturated heterocycles. The van der Waals surface area contributed by atoms with Crippen molar-refractivity contribution < 1.29 is 53.9 Å². The van der Waals surface area contributed by atoms with Crippen LogP contribution in [-0.2, 0) is 35.1 Å². The summed E-state index contributed by atoms with van der Waals surface area (Å²) in [4.78, 5) is 9.20. The van der Waals surface area contributed by atoms with Crippen LogP contribution >= 0.6 is 11.6 Å². The Morgan fingerprint density at radius 3 is 2.17 bits per heavy atom. The second kappa shape index (κ2) is 13.8. The van der Waals surface area contributed by atoms with E-state index in [0.29, 0.717) is 12.1 Å². The van der Waals surface area contributed by atoms with Gasteiger partial charge in [-0.3, -0.25) is 13.7 Å². The van der Waals surface area contributed by atoms with Gasteiger partial charge in [0, 0.05) is 18.3 Å². The Morgan fingerprint density at radius 1 is 0.851 bits per heavy atom. The van der Waals surface area contributed by atoms with Gasteiger partial charge in [0.15, 0.2) is 0 Å². The van der Waals surface area contributed by atoms with Gasteiger partial charge in [0.25, 0.3) is 30.4 Å². The maximum absolute atomic E-state index is 12.3. The number of nitrogens with two attached hydrogens (primary N) is 1. The van der Waals surface area contributed by atoms with Crippen molar-refractivity contribution >= 4 is 87.4 Å². The van der Waals surface area contributed by atoms with Crippen molar-refractivity contribution in [1.82, 2.24) is 15.0 Å². The minimum absolute atomic E-state index is 0.00945. The van der Waals surface area contributed by atoms with E-state index < -0.39 is 73.2 Å². The molecule has 24 heteroatoms. The highest BCUT2D eigenvalue weighted by molar-refractivity contribution is 7.86. The van der Waals surface area contributed by atoms with Gasteiger partial charge in [-0.15, -0.1) is 10.2 Å². The lowest BCUT2D eigenvalue weighted by molar-refractivity contribution is 0.0991. The first-order chi connectivity index (χ1) is 21.9. The number of anilines is 4. The van der Waals surface area contributed by atoms with E-state index in [1.165, 1.54) is 6.07 Å². The van der Waals surface area contributed by atoms with Crippen LogP contribution in [0.15, 0.2) is 61.3 Å². The molecule has 252 valence electrons. The quantitative estimate of drug-likeness (QED) is 0.0422. The molecule has 0 radical (unpaired) electrons. The van der Waals surface area contributed by atoms with Crippen molar-refractivity contribution in [3.8, 4) is 5.75 Å². The lowest BCUT2D eigenvalue weighted by atomic mass is 10.1. The summed E-state index contributed by atoms with van der Waals surface area (Å²) in [6.07, 6.45) is 0. The number of aliphatic hydroxyl groups is 1. The van der Waals surface area contributed by atoms with Crippen LogP contribution in [-0.4, -0.2) is 90.4 Å². The SMILES string of the molecule is Nc1c(S(=O)(=O)O)cc2cc(S(=O)(=O)O)cc(O)c2c1N=Nc1ccc(Nc2nc(Cl)nc(NCCOCCO)n2)cc1S(=O)(=O)O. The molecular formula is C23H23ClN8O12S3. The first kappa shape index (κ1) is 35.5. The van der Waals surface area contributed by atoms with E-state index in [-0.39, 0.29) is 54.6 Å². The van der Waals surface area contributed by atoms with E-state index in [2.05, 4.69) is 35.8 Å². The van der Waals surface area contributed by atoms with Crippen LogP contribution in [0, 0.1) is 0 Å². The van der Waals surface area contributed by atoms with Gasteiger partial charge < -0.3 is 31.3 Å². The molecule has 3 aromatic carbocycles. The topological polar surface area (TPSA) is 326 Å². The lowest BCUT2D eigenvalue weighted by Crippen LogP contribution is -2.14. The third kappa shape index (κ3) is 8.73. The smallest absolute Gasteiger partial charge is 0.296 e. The molecule has 0 unspecified atom stereocenters. The van der Waals surface area contributed by atoms with Gasteiger partial charge in [0.1, 0.15) is 26.9 Å². The first-order valence-electron chi connectivity index (χ1n) is 12.6. The fourth-order valence-electron chi connectivity index (χ4n) is 3.93. The Balaban J connectivity index is 1.76. The molecule has 0 saturated carbocycles. The van der Waals surface area contributed by atoms with Crippen LogP contribution < -0.4 is 16.4 Å². The van der Waals surface area contributed by atoms with E-state index >= 15 is 0 Å². The molecule has 0 atom stereocenters. The van der Waals surface area contributed by atoms with Gasteiger partial charge >= 0.3 is 0 Å². The number of azo groups is 1. The van der Waals surface area contributed by atoms with Gasteiger partial charge in [0.05, 0.1) is 35.8 Å². The van der Waals surface area contributed by atoms with E-state index in [1.807, 2.05) is 0 Å². The van der Waals surface area contributed by atoms with Gasteiger partial charge in [-0.2, -0.15) is 40.2 Å². The van der Waals surface area contributed by atoms with Crippen LogP contribution in [0.25, 0.3) is 10.8 Å². The number of aromatic nitrogens is 3. The highest BCUT2D eigenvalue weighted by Crippen LogP contribution is 2.44. The number of benzene rings is 3. The molecule has 1 heterocycles. The Kier molecular flexibility index (Phi) is 10.4. The Bertz CT molecular complexity index is 2220. The van der Waals surface area contributed by atoms with Crippen LogP contribution in [0.2, 0.25) is 5.28 Å². The zero-order valence-electron chi connectivity index (χ0n) is 23.3. The Labute approximate surface area is 270 Å². The summed E-state index contributed by atoms with van der Waals surface area (Å²) in [5.74, 6) is -1.00. The van der Waals surface area contributed by atoms with Crippen LogP contribution in [0.3, 0.4) is 0 Å². The maximum Gasteiger partial charge on any atom is 0.296 e. The molecule has 9 N–H and O–H groups in total. The maximum atomic E-state index is 12.3. The number of nitrogens with one attached hydrogen (secondary N) is 2. The molecule has 0 spiro atoms. The Hall–Kier alpha value is -4.33. The summed E-state index contributed by atoms with van der Waals surface area (Å²) in [5, 5.41) is 31.3. The Morgan fingerprint density at radius 2 is 1.53 bits per heavy atom. The van der Waals surface area contributed by atoms with E-state index in [9.17, 15) is 44.0 Å². The van der Waals surface area contributed by atoms with Crippen molar-refractivity contribution in [2.24, 2.45) is 10.2 Å². The predicted octanol–water partition coefficient (Wildman–Crippen LogP) is 2.29. The molecule has 4 rings (SSSR count). The van der Waals surface area contributed by atoms with Crippen molar-refractivity contribution in [2.45, 2.75) is 14.7 Å². The summed E-state index contributed by atoms with van der Waals surface area (Å²) < 4.78 is 106. The number of nitrogens with zero attached hydrogens (tertiary/aromatic N) is 5. The standard InChI is InChI=1S/C23H23ClN8O12S3/c24-21-28-22(26-3-5-44-6-4-33)30-23(29-21)27-12-1-2-14(16(9-12)46(38,39)40)31-32-20-18-11(8-17(19(20)25)47(41,42)43)7-13(10-15(18)34)45(35,36)37/h1-2,7-10,33-34H,3-6,25H2,(H,35,36,37)(H,38,39,40)(H,41,42,43)(H2,26,27,28,29,30). The van der Waals surface area contributed by atoms with E-state index in [1.54, 1.807) is 0 Å². The molecule has 0 fully saturated rings. The number of aromatic hydroxyl groups is 1. The van der Waals surface area contributed by atoms with Gasteiger partial charge in [0.2, 0.25) is 17.2 Å². The fraction of sp³-hybridized carbons (Fsp3) is 0.174. The summed E-state index contributed by atoms with van der Waals surface area (Å²) in [6, 6.07) is 5.27. The largest absolute Gasteiger partial charge is 0.507 e. The van der Waals surface area contributed by atoms with E-state index in [0.717, 1.165) is 18.2 Å². The number of halogens is 1. The third-order valence-electron chi connectivity index (χ3n) is 5.87. The number of phenols is 1. The van der Waals surface area contributed by atoms with Crippen molar-refractivity contribution in [1.29, 1.82) is 0 Å². The zero-order valence-corrected chi connectivity index (χ0v) is 26.5. The summed E-state index contributed by atoms with van der Waals surface area (Å²) in [7, 11) is -15.0. The molecule has 0 bridgehead atoms. The van der Waals surface area contributed by atoms with Crippen LogP contribution in [0.5, 0.6) is 5.75 Å². The second-order valence-electron chi connectivity index (χ2n) is 9.12. The molecule has 20 nitrogen and oxygen atoms in total. The number of hydrogen-bond acceptors (Lipinski definition) is 17.